The maximum Gasteiger partial charge on any atom is 0.273 e. The predicted molar refractivity (Wildman–Crippen MR) is 121 cm³/mol. The summed E-state index contributed by atoms with van der Waals surface area (Å²) in [6, 6.07) is 19.2. The number of carbonyl (C=O) groups is 2. The first-order valence-corrected chi connectivity index (χ1v) is 10.2. The summed E-state index contributed by atoms with van der Waals surface area (Å²) in [6.07, 6.45) is 1.66. The van der Waals surface area contributed by atoms with Gasteiger partial charge in [0.2, 0.25) is 0 Å². The Bertz CT molecular complexity index is 1260. The summed E-state index contributed by atoms with van der Waals surface area (Å²) in [6.45, 7) is 5.75. The lowest BCUT2D eigenvalue weighted by molar-refractivity contribution is -0.122. The number of carbonyl (C=O) groups excluding carboxylic acids is 2. The van der Waals surface area contributed by atoms with E-state index in [1.54, 1.807) is 15.6 Å². The van der Waals surface area contributed by atoms with Gasteiger partial charge in [-0.25, -0.2) is 4.68 Å². The van der Waals surface area contributed by atoms with Crippen molar-refractivity contribution >= 4 is 11.8 Å². The molecule has 8 nitrogen and oxygen atoms in total. The fraction of sp³-hybridized carbons (Fsp3) is 0.167. The SMILES string of the molecule is Cc1ccc(-n2cc(C(=O)NNC(=O)Cn3nc(C)cc3C)c(-c3ccccc3)n2)cc1. The van der Waals surface area contributed by atoms with Crippen LogP contribution in [0.15, 0.2) is 66.9 Å². The summed E-state index contributed by atoms with van der Waals surface area (Å²) in [5.41, 5.74) is 10.3. The third-order valence-corrected chi connectivity index (χ3v) is 5.02. The Morgan fingerprint density at radius 3 is 2.28 bits per heavy atom. The molecule has 2 N–H and O–H groups in total. The first kappa shape index (κ1) is 21.0. The molecule has 0 saturated carbocycles. The van der Waals surface area contributed by atoms with Crippen LogP contribution in [0.1, 0.15) is 27.3 Å². The van der Waals surface area contributed by atoms with Gasteiger partial charge in [-0.3, -0.25) is 25.1 Å². The molecule has 2 aromatic heterocycles. The van der Waals surface area contributed by atoms with Gasteiger partial charge in [0.1, 0.15) is 12.2 Å². The molecule has 2 aromatic carbocycles. The van der Waals surface area contributed by atoms with Gasteiger partial charge < -0.3 is 0 Å². The zero-order chi connectivity index (χ0) is 22.7. The van der Waals surface area contributed by atoms with Gasteiger partial charge in [-0.15, -0.1) is 0 Å². The number of aromatic nitrogens is 4. The second kappa shape index (κ2) is 8.89. The van der Waals surface area contributed by atoms with Gasteiger partial charge in [0.05, 0.1) is 16.9 Å². The van der Waals surface area contributed by atoms with Crippen LogP contribution in [0.2, 0.25) is 0 Å². The number of aryl methyl sites for hydroxylation is 3. The smallest absolute Gasteiger partial charge is 0.271 e. The number of hydrazine groups is 1. The van der Waals surface area contributed by atoms with Crippen molar-refractivity contribution in [2.75, 3.05) is 0 Å². The lowest BCUT2D eigenvalue weighted by Crippen LogP contribution is -2.43. The number of nitrogens with zero attached hydrogens (tertiary/aromatic N) is 4. The van der Waals surface area contributed by atoms with E-state index in [0.717, 1.165) is 28.2 Å². The van der Waals surface area contributed by atoms with Crippen LogP contribution >= 0.6 is 0 Å². The van der Waals surface area contributed by atoms with Crippen LogP contribution in [0, 0.1) is 20.8 Å². The maximum atomic E-state index is 13.0. The Kier molecular flexibility index (Phi) is 5.85. The van der Waals surface area contributed by atoms with Crippen molar-refractivity contribution in [3.05, 3.63) is 89.4 Å². The van der Waals surface area contributed by atoms with E-state index in [1.807, 2.05) is 81.4 Å². The van der Waals surface area contributed by atoms with E-state index in [2.05, 4.69) is 21.0 Å². The first-order valence-electron chi connectivity index (χ1n) is 10.2. The maximum absolute atomic E-state index is 13.0. The molecule has 0 unspecified atom stereocenters. The molecule has 32 heavy (non-hydrogen) atoms. The van der Waals surface area contributed by atoms with Gasteiger partial charge in [0, 0.05) is 17.5 Å². The van der Waals surface area contributed by atoms with Crippen molar-refractivity contribution < 1.29 is 9.59 Å². The van der Waals surface area contributed by atoms with Crippen LogP contribution in [0.25, 0.3) is 16.9 Å². The molecule has 0 aliphatic rings. The number of hydrogen-bond acceptors (Lipinski definition) is 4. The number of rotatable bonds is 5. The lowest BCUT2D eigenvalue weighted by Gasteiger charge is -2.08. The summed E-state index contributed by atoms with van der Waals surface area (Å²) < 4.78 is 3.25. The number of benzene rings is 2. The average molecular weight is 428 g/mol. The molecule has 8 heteroatoms. The standard InChI is InChI=1S/C24H24N6O2/c1-16-9-11-20(12-10-16)30-14-21(23(28-30)19-7-5-4-6-8-19)24(32)26-25-22(31)15-29-18(3)13-17(2)27-29/h4-14H,15H2,1-3H3,(H,25,31)(H,26,32). The van der Waals surface area contributed by atoms with Crippen LogP contribution < -0.4 is 10.9 Å². The molecule has 4 aromatic rings. The van der Waals surface area contributed by atoms with Gasteiger partial charge in [0.15, 0.2) is 0 Å². The summed E-state index contributed by atoms with van der Waals surface area (Å²) in [4.78, 5) is 25.3. The number of nitrogens with one attached hydrogen (secondary N) is 2. The molecule has 0 saturated heterocycles. The van der Waals surface area contributed by atoms with Crippen LogP contribution in [-0.4, -0.2) is 31.4 Å². The normalized spacial score (nSPS) is 10.7. The quantitative estimate of drug-likeness (QED) is 0.478. The molecule has 162 valence electrons. The molecule has 0 radical (unpaired) electrons. The van der Waals surface area contributed by atoms with E-state index in [1.165, 1.54) is 0 Å². The highest BCUT2D eigenvalue weighted by Gasteiger charge is 2.19. The van der Waals surface area contributed by atoms with E-state index in [-0.39, 0.29) is 12.5 Å². The highest BCUT2D eigenvalue weighted by Crippen LogP contribution is 2.23. The molecule has 2 amide bonds. The van der Waals surface area contributed by atoms with E-state index < -0.39 is 5.91 Å². The van der Waals surface area contributed by atoms with E-state index in [0.29, 0.717) is 11.3 Å². The van der Waals surface area contributed by atoms with E-state index >= 15 is 0 Å². The summed E-state index contributed by atoms with van der Waals surface area (Å²) in [7, 11) is 0. The van der Waals surface area contributed by atoms with Crippen molar-refractivity contribution in [3.8, 4) is 16.9 Å². The van der Waals surface area contributed by atoms with Gasteiger partial charge in [-0.05, 0) is 39.0 Å². The Hall–Kier alpha value is -4.20. The van der Waals surface area contributed by atoms with Gasteiger partial charge >= 0.3 is 0 Å². The highest BCUT2D eigenvalue weighted by atomic mass is 16.2. The second-order valence-corrected chi connectivity index (χ2v) is 7.62. The highest BCUT2D eigenvalue weighted by molar-refractivity contribution is 6.00. The number of hydrogen-bond donors (Lipinski definition) is 2. The van der Waals surface area contributed by atoms with Crippen molar-refractivity contribution in [1.29, 1.82) is 0 Å². The zero-order valence-corrected chi connectivity index (χ0v) is 18.2. The van der Waals surface area contributed by atoms with Crippen LogP contribution in [0.5, 0.6) is 0 Å². The minimum Gasteiger partial charge on any atom is -0.271 e. The average Bonchev–Trinajstić information content (AvgIpc) is 3.36. The first-order chi connectivity index (χ1) is 15.4. The van der Waals surface area contributed by atoms with Gasteiger partial charge in [0.25, 0.3) is 11.8 Å². The monoisotopic (exact) mass is 428 g/mol. The largest absolute Gasteiger partial charge is 0.273 e. The molecule has 0 spiro atoms. The van der Waals surface area contributed by atoms with Crippen molar-refractivity contribution in [2.24, 2.45) is 0 Å². The molecule has 0 atom stereocenters. The fourth-order valence-electron chi connectivity index (χ4n) is 3.38. The summed E-state index contributed by atoms with van der Waals surface area (Å²) in [5.74, 6) is -0.833. The van der Waals surface area contributed by atoms with Gasteiger partial charge in [-0.1, -0.05) is 48.0 Å². The summed E-state index contributed by atoms with van der Waals surface area (Å²) >= 11 is 0. The van der Waals surface area contributed by atoms with E-state index in [4.69, 9.17) is 0 Å². The topological polar surface area (TPSA) is 93.8 Å². The molecule has 0 bridgehead atoms. The Morgan fingerprint density at radius 2 is 1.62 bits per heavy atom. The van der Waals surface area contributed by atoms with E-state index in [9.17, 15) is 9.59 Å². The predicted octanol–water partition coefficient (Wildman–Crippen LogP) is 3.12. The Labute approximate surface area is 185 Å². The second-order valence-electron chi connectivity index (χ2n) is 7.62. The lowest BCUT2D eigenvalue weighted by atomic mass is 10.1. The zero-order valence-electron chi connectivity index (χ0n) is 18.2. The molecular formula is C24H24N6O2. The minimum atomic E-state index is -0.455. The molecule has 0 aliphatic heterocycles. The minimum absolute atomic E-state index is 0.00806. The third kappa shape index (κ3) is 4.59. The number of amides is 2. The molecule has 2 heterocycles. The van der Waals surface area contributed by atoms with Crippen LogP contribution in [-0.2, 0) is 11.3 Å². The third-order valence-electron chi connectivity index (χ3n) is 5.02. The Morgan fingerprint density at radius 1 is 0.906 bits per heavy atom. The summed E-state index contributed by atoms with van der Waals surface area (Å²) in [5, 5.41) is 8.90. The van der Waals surface area contributed by atoms with Crippen molar-refractivity contribution in [3.63, 3.8) is 0 Å². The molecule has 0 aliphatic carbocycles. The van der Waals surface area contributed by atoms with Crippen molar-refractivity contribution in [2.45, 2.75) is 27.3 Å². The van der Waals surface area contributed by atoms with Crippen molar-refractivity contribution in [1.82, 2.24) is 30.4 Å². The van der Waals surface area contributed by atoms with Gasteiger partial charge in [-0.2, -0.15) is 10.2 Å². The molecular weight excluding hydrogens is 404 g/mol. The molecule has 0 fully saturated rings. The van der Waals surface area contributed by atoms with Crippen LogP contribution in [0.3, 0.4) is 0 Å². The Balaban J connectivity index is 1.55. The fourth-order valence-corrected chi connectivity index (χ4v) is 3.38. The molecule has 4 rings (SSSR count). The van der Waals surface area contributed by atoms with Crippen LogP contribution in [0.4, 0.5) is 0 Å².